The number of benzene rings is 1. The third-order valence-electron chi connectivity index (χ3n) is 4.80. The van der Waals surface area contributed by atoms with E-state index < -0.39 is 0 Å². The lowest BCUT2D eigenvalue weighted by Gasteiger charge is -2.48. The van der Waals surface area contributed by atoms with Crippen molar-refractivity contribution in [3.05, 3.63) is 35.4 Å². The Bertz CT molecular complexity index is 398. The molecule has 3 rings (SSSR count). The molecule has 0 aliphatic heterocycles. The molecule has 2 aliphatic carbocycles. The molecule has 2 aliphatic rings. The summed E-state index contributed by atoms with van der Waals surface area (Å²) in [5.74, 6) is 0.783. The SMILES string of the molecule is C[C@]12C[C@H](O)CC[C@@H]1CCc1ccccc12. The Morgan fingerprint density at radius 2 is 2.00 bits per heavy atom. The second kappa shape index (κ2) is 3.59. The van der Waals surface area contributed by atoms with Gasteiger partial charge in [0.15, 0.2) is 0 Å². The fraction of sp³-hybridized carbons (Fsp3) is 0.600. The summed E-state index contributed by atoms with van der Waals surface area (Å²) >= 11 is 0. The summed E-state index contributed by atoms with van der Waals surface area (Å²) in [4.78, 5) is 0. The lowest BCUT2D eigenvalue weighted by Crippen LogP contribution is -2.43. The first kappa shape index (κ1) is 10.3. The van der Waals surface area contributed by atoms with Crippen molar-refractivity contribution in [1.29, 1.82) is 0 Å². The number of aryl methyl sites for hydroxylation is 1. The van der Waals surface area contributed by atoms with Crippen molar-refractivity contribution in [2.75, 3.05) is 0 Å². The number of hydrogen-bond donors (Lipinski definition) is 1. The van der Waals surface area contributed by atoms with Gasteiger partial charge >= 0.3 is 0 Å². The van der Waals surface area contributed by atoms with Gasteiger partial charge in [-0.05, 0) is 54.6 Å². The van der Waals surface area contributed by atoms with E-state index in [4.69, 9.17) is 0 Å². The first-order valence-corrected chi connectivity index (χ1v) is 6.46. The average Bonchev–Trinajstić information content (AvgIpc) is 2.28. The maximum atomic E-state index is 9.94. The molecule has 1 fully saturated rings. The Morgan fingerprint density at radius 3 is 2.88 bits per heavy atom. The minimum Gasteiger partial charge on any atom is -0.393 e. The lowest BCUT2D eigenvalue weighted by molar-refractivity contribution is 0.0470. The highest BCUT2D eigenvalue weighted by atomic mass is 16.3. The Balaban J connectivity index is 2.07. The number of hydrogen-bond acceptors (Lipinski definition) is 1. The van der Waals surface area contributed by atoms with Crippen LogP contribution in [-0.2, 0) is 11.8 Å². The quantitative estimate of drug-likeness (QED) is 0.706. The van der Waals surface area contributed by atoms with Crippen LogP contribution >= 0.6 is 0 Å². The van der Waals surface area contributed by atoms with Gasteiger partial charge in [0.05, 0.1) is 6.10 Å². The van der Waals surface area contributed by atoms with Gasteiger partial charge in [-0.15, -0.1) is 0 Å². The topological polar surface area (TPSA) is 20.2 Å². The van der Waals surface area contributed by atoms with Crippen molar-refractivity contribution in [3.63, 3.8) is 0 Å². The highest BCUT2D eigenvalue weighted by molar-refractivity contribution is 5.37. The molecule has 3 atom stereocenters. The molecule has 0 spiro atoms. The summed E-state index contributed by atoms with van der Waals surface area (Å²) in [5.41, 5.74) is 3.24. The Labute approximate surface area is 97.5 Å². The van der Waals surface area contributed by atoms with Crippen LogP contribution in [0, 0.1) is 5.92 Å². The Hall–Kier alpha value is -0.820. The van der Waals surface area contributed by atoms with Crippen molar-refractivity contribution >= 4 is 0 Å². The van der Waals surface area contributed by atoms with Crippen molar-refractivity contribution in [2.45, 2.75) is 50.5 Å². The molecule has 1 nitrogen and oxygen atoms in total. The number of fused-ring (bicyclic) bond motifs is 3. The lowest BCUT2D eigenvalue weighted by atomic mass is 9.58. The monoisotopic (exact) mass is 216 g/mol. The normalized spacial score (nSPS) is 37.6. The maximum absolute atomic E-state index is 9.94. The fourth-order valence-electron chi connectivity index (χ4n) is 3.89. The van der Waals surface area contributed by atoms with Gasteiger partial charge in [-0.1, -0.05) is 31.2 Å². The van der Waals surface area contributed by atoms with Crippen LogP contribution in [-0.4, -0.2) is 11.2 Å². The third-order valence-corrected chi connectivity index (χ3v) is 4.80. The maximum Gasteiger partial charge on any atom is 0.0548 e. The van der Waals surface area contributed by atoms with Crippen molar-refractivity contribution in [3.8, 4) is 0 Å². The second-order valence-electron chi connectivity index (χ2n) is 5.75. The van der Waals surface area contributed by atoms with E-state index in [1.807, 2.05) is 0 Å². The van der Waals surface area contributed by atoms with Gasteiger partial charge in [-0.2, -0.15) is 0 Å². The minimum absolute atomic E-state index is 0.0904. The van der Waals surface area contributed by atoms with E-state index in [1.165, 1.54) is 30.4 Å². The molecule has 0 bridgehead atoms. The van der Waals surface area contributed by atoms with Crippen molar-refractivity contribution in [2.24, 2.45) is 5.92 Å². The first-order valence-electron chi connectivity index (χ1n) is 6.46. The third kappa shape index (κ3) is 1.41. The van der Waals surface area contributed by atoms with E-state index >= 15 is 0 Å². The zero-order chi connectivity index (χ0) is 11.2. The molecule has 0 heterocycles. The predicted octanol–water partition coefficient (Wildman–Crippen LogP) is 3.05. The van der Waals surface area contributed by atoms with Crippen LogP contribution in [0.15, 0.2) is 24.3 Å². The highest BCUT2D eigenvalue weighted by Gasteiger charge is 2.43. The summed E-state index contributed by atoms with van der Waals surface area (Å²) in [6.07, 6.45) is 5.60. The molecule has 0 amide bonds. The number of rotatable bonds is 0. The number of aliphatic hydroxyl groups is 1. The molecule has 86 valence electrons. The van der Waals surface area contributed by atoms with Crippen LogP contribution in [0.2, 0.25) is 0 Å². The first-order chi connectivity index (χ1) is 7.70. The van der Waals surface area contributed by atoms with E-state index in [9.17, 15) is 5.11 Å². The van der Waals surface area contributed by atoms with E-state index in [0.717, 1.165) is 18.8 Å². The molecule has 1 heteroatoms. The molecule has 0 aromatic heterocycles. The highest BCUT2D eigenvalue weighted by Crippen LogP contribution is 2.49. The molecule has 16 heavy (non-hydrogen) atoms. The van der Waals surface area contributed by atoms with Crippen molar-refractivity contribution < 1.29 is 5.11 Å². The van der Waals surface area contributed by atoms with Gasteiger partial charge in [-0.3, -0.25) is 0 Å². The minimum atomic E-state index is -0.0904. The van der Waals surface area contributed by atoms with E-state index in [2.05, 4.69) is 31.2 Å². The molecule has 1 aromatic carbocycles. The average molecular weight is 216 g/mol. The predicted molar refractivity (Wildman–Crippen MR) is 65.5 cm³/mol. The smallest absolute Gasteiger partial charge is 0.0548 e. The zero-order valence-corrected chi connectivity index (χ0v) is 9.95. The van der Waals surface area contributed by atoms with E-state index in [-0.39, 0.29) is 11.5 Å². The molecule has 1 N–H and O–H groups in total. The van der Waals surface area contributed by atoms with Gasteiger partial charge in [0.2, 0.25) is 0 Å². The van der Waals surface area contributed by atoms with Crippen LogP contribution in [0.1, 0.15) is 43.7 Å². The van der Waals surface area contributed by atoms with Crippen molar-refractivity contribution in [1.82, 2.24) is 0 Å². The molecule has 0 saturated heterocycles. The summed E-state index contributed by atoms with van der Waals surface area (Å²) in [5, 5.41) is 9.94. The summed E-state index contributed by atoms with van der Waals surface area (Å²) in [6, 6.07) is 8.83. The zero-order valence-electron chi connectivity index (χ0n) is 9.95. The summed E-state index contributed by atoms with van der Waals surface area (Å²) in [6.45, 7) is 2.36. The molecular formula is C15H20O. The van der Waals surface area contributed by atoms with Crippen LogP contribution in [0.4, 0.5) is 0 Å². The van der Waals surface area contributed by atoms with Crippen LogP contribution in [0.3, 0.4) is 0 Å². The van der Waals surface area contributed by atoms with Gasteiger partial charge in [0.1, 0.15) is 0 Å². The van der Waals surface area contributed by atoms with Gasteiger partial charge in [0, 0.05) is 0 Å². The standard InChI is InChI=1S/C15H20O/c1-15-10-13(16)9-8-12(15)7-6-11-4-2-3-5-14(11)15/h2-5,12-13,16H,6-10H2,1H3/t12-,13+,15-/m0/s1. The molecule has 0 unspecified atom stereocenters. The van der Waals surface area contributed by atoms with Crippen LogP contribution in [0.25, 0.3) is 0 Å². The molecule has 0 radical (unpaired) electrons. The van der Waals surface area contributed by atoms with E-state index in [0.29, 0.717) is 0 Å². The van der Waals surface area contributed by atoms with Crippen LogP contribution < -0.4 is 0 Å². The van der Waals surface area contributed by atoms with E-state index in [1.54, 1.807) is 0 Å². The molecular weight excluding hydrogens is 196 g/mol. The van der Waals surface area contributed by atoms with Gasteiger partial charge in [0.25, 0.3) is 0 Å². The fourth-order valence-corrected chi connectivity index (χ4v) is 3.89. The second-order valence-corrected chi connectivity index (χ2v) is 5.75. The van der Waals surface area contributed by atoms with Gasteiger partial charge in [-0.25, -0.2) is 0 Å². The van der Waals surface area contributed by atoms with Gasteiger partial charge < -0.3 is 5.11 Å². The number of aliphatic hydroxyl groups excluding tert-OH is 1. The Kier molecular flexibility index (Phi) is 2.32. The van der Waals surface area contributed by atoms with Crippen LogP contribution in [0.5, 0.6) is 0 Å². The Morgan fingerprint density at radius 1 is 1.19 bits per heavy atom. The molecule has 1 saturated carbocycles. The molecule has 1 aromatic rings. The largest absolute Gasteiger partial charge is 0.393 e. The summed E-state index contributed by atoms with van der Waals surface area (Å²) < 4.78 is 0. The summed E-state index contributed by atoms with van der Waals surface area (Å²) in [7, 11) is 0.